The molecule has 0 bridgehead atoms. The molecule has 1 aliphatic carbocycles. The largest absolute Gasteiger partial charge is 0.450 e. The van der Waals surface area contributed by atoms with Crippen LogP contribution in [0.25, 0.3) is 0 Å². The molecule has 0 spiro atoms. The van der Waals surface area contributed by atoms with Crippen molar-refractivity contribution in [2.24, 2.45) is 11.8 Å². The van der Waals surface area contributed by atoms with Crippen molar-refractivity contribution in [2.45, 2.75) is 53.4 Å². The second-order valence-corrected chi connectivity index (χ2v) is 9.07. The van der Waals surface area contributed by atoms with Crippen LogP contribution in [0, 0.1) is 11.8 Å². The van der Waals surface area contributed by atoms with Crippen LogP contribution in [0.5, 0.6) is 5.75 Å². The van der Waals surface area contributed by atoms with Crippen LogP contribution in [0.15, 0.2) is 30.3 Å². The number of aromatic nitrogens is 1. The zero-order valence-corrected chi connectivity index (χ0v) is 22.3. The molecule has 2 aliphatic rings. The van der Waals surface area contributed by atoms with Crippen molar-refractivity contribution < 1.29 is 14.3 Å². The van der Waals surface area contributed by atoms with Crippen LogP contribution in [-0.4, -0.2) is 79.5 Å². The van der Waals surface area contributed by atoms with Crippen LogP contribution in [0.1, 0.15) is 52.5 Å². The maximum atomic E-state index is 12.5. The highest BCUT2D eigenvalue weighted by Crippen LogP contribution is 2.40. The van der Waals surface area contributed by atoms with E-state index >= 15 is 0 Å². The number of fused-ring (bicyclic) bond motifs is 1. The number of carbonyl (C=O) groups excluding carboxylic acids is 2. The summed E-state index contributed by atoms with van der Waals surface area (Å²) in [5.74, 6) is 2.04. The van der Waals surface area contributed by atoms with Gasteiger partial charge in [0.05, 0.1) is 12.7 Å². The molecule has 0 saturated heterocycles. The highest BCUT2D eigenvalue weighted by atomic mass is 16.5. The van der Waals surface area contributed by atoms with Crippen molar-refractivity contribution in [3.63, 3.8) is 0 Å². The summed E-state index contributed by atoms with van der Waals surface area (Å²) in [6.45, 7) is 13.6. The first-order chi connectivity index (χ1) is 17.0. The Morgan fingerprint density at radius 2 is 1.97 bits per heavy atom. The Morgan fingerprint density at radius 3 is 2.71 bits per heavy atom. The second-order valence-electron chi connectivity index (χ2n) is 9.07. The Hall–Kier alpha value is -2.45. The van der Waals surface area contributed by atoms with Gasteiger partial charge in [0, 0.05) is 44.5 Å². The highest BCUT2D eigenvalue weighted by molar-refractivity contribution is 5.92. The number of amides is 2. The summed E-state index contributed by atoms with van der Waals surface area (Å²) in [5, 5.41) is 6.27. The Balaban J connectivity index is 0.00000210. The van der Waals surface area contributed by atoms with E-state index < -0.39 is 0 Å². The molecule has 8 nitrogen and oxygen atoms in total. The lowest BCUT2D eigenvalue weighted by Gasteiger charge is -2.22. The molecule has 8 heteroatoms. The molecule has 2 amide bonds. The smallest absolute Gasteiger partial charge is 0.286 e. The maximum absolute atomic E-state index is 12.5. The van der Waals surface area contributed by atoms with Crippen LogP contribution < -0.4 is 15.4 Å². The molecule has 2 heterocycles. The van der Waals surface area contributed by atoms with E-state index in [4.69, 9.17) is 4.74 Å². The lowest BCUT2D eigenvalue weighted by molar-refractivity contribution is -0.130. The first-order valence-electron chi connectivity index (χ1n) is 13.3. The van der Waals surface area contributed by atoms with Crippen molar-refractivity contribution in [1.29, 1.82) is 0 Å². The van der Waals surface area contributed by atoms with Crippen molar-refractivity contribution in [2.75, 3.05) is 52.9 Å². The third-order valence-corrected chi connectivity index (χ3v) is 6.47. The molecule has 2 N–H and O–H groups in total. The molecule has 196 valence electrons. The highest BCUT2D eigenvalue weighted by Gasteiger charge is 2.37. The van der Waals surface area contributed by atoms with E-state index in [1.807, 2.05) is 37.8 Å². The first kappa shape index (κ1) is 28.8. The third kappa shape index (κ3) is 9.61. The minimum Gasteiger partial charge on any atom is -0.450 e. The number of pyridine rings is 1. The Kier molecular flexibility index (Phi) is 12.8. The van der Waals surface area contributed by atoms with Gasteiger partial charge in [0.2, 0.25) is 5.91 Å². The monoisotopic (exact) mass is 487 g/mol. The van der Waals surface area contributed by atoms with Gasteiger partial charge in [-0.05, 0) is 70.2 Å². The van der Waals surface area contributed by atoms with Gasteiger partial charge in [-0.2, -0.15) is 0 Å². The van der Waals surface area contributed by atoms with Crippen LogP contribution in [0.3, 0.4) is 0 Å². The van der Waals surface area contributed by atoms with Gasteiger partial charge in [-0.3, -0.25) is 14.6 Å². The van der Waals surface area contributed by atoms with E-state index in [-0.39, 0.29) is 11.8 Å². The van der Waals surface area contributed by atoms with Gasteiger partial charge in [-0.1, -0.05) is 20.8 Å². The topological polar surface area (TPSA) is 86.8 Å². The van der Waals surface area contributed by atoms with E-state index in [1.165, 1.54) is 0 Å². The number of nitrogens with zero attached hydrogens (tertiary/aromatic N) is 3. The number of carbonyl (C=O) groups is 2. The van der Waals surface area contributed by atoms with E-state index in [9.17, 15) is 9.59 Å². The minimum atomic E-state index is -0.170. The van der Waals surface area contributed by atoms with E-state index in [0.29, 0.717) is 42.9 Å². The van der Waals surface area contributed by atoms with Gasteiger partial charge in [0.15, 0.2) is 5.76 Å². The fourth-order valence-corrected chi connectivity index (χ4v) is 4.25. The average Bonchev–Trinajstić information content (AvgIpc) is 3.64. The lowest BCUT2D eigenvalue weighted by atomic mass is 10.1. The summed E-state index contributed by atoms with van der Waals surface area (Å²) < 4.78 is 5.69. The van der Waals surface area contributed by atoms with Crippen LogP contribution in [0.2, 0.25) is 0 Å². The summed E-state index contributed by atoms with van der Waals surface area (Å²) in [7, 11) is 2.11. The van der Waals surface area contributed by atoms with Crippen molar-refractivity contribution in [3.8, 4) is 5.75 Å². The molecule has 0 aromatic carbocycles. The first-order valence-corrected chi connectivity index (χ1v) is 13.3. The summed E-state index contributed by atoms with van der Waals surface area (Å²) >= 11 is 0. The predicted molar refractivity (Wildman–Crippen MR) is 140 cm³/mol. The van der Waals surface area contributed by atoms with Gasteiger partial charge in [0.25, 0.3) is 5.91 Å². The molecule has 1 aromatic rings. The number of ether oxygens (including phenoxy) is 1. The SMILES string of the molecule is CC.CCCN(C)CCNCC(=O)N(CC)CCC1CC1CNC(=O)C1=CCc2ccncc2O1. The molecule has 2 atom stereocenters. The quantitative estimate of drug-likeness (QED) is 0.393. The predicted octanol–water partition coefficient (Wildman–Crippen LogP) is 2.85. The molecule has 2 unspecified atom stereocenters. The number of hydrogen-bond donors (Lipinski definition) is 2. The van der Waals surface area contributed by atoms with Crippen LogP contribution >= 0.6 is 0 Å². The third-order valence-electron chi connectivity index (χ3n) is 6.47. The molecule has 0 radical (unpaired) electrons. The molecule has 3 rings (SSSR count). The Bertz CT molecular complexity index is 829. The van der Waals surface area contributed by atoms with Gasteiger partial charge in [-0.25, -0.2) is 0 Å². The zero-order chi connectivity index (χ0) is 25.6. The lowest BCUT2D eigenvalue weighted by Crippen LogP contribution is -2.40. The van der Waals surface area contributed by atoms with Crippen molar-refractivity contribution in [1.82, 2.24) is 25.4 Å². The van der Waals surface area contributed by atoms with Gasteiger partial charge >= 0.3 is 0 Å². The molecular weight excluding hydrogens is 442 g/mol. The molecule has 1 aromatic heterocycles. The van der Waals surface area contributed by atoms with Gasteiger partial charge in [0.1, 0.15) is 5.75 Å². The zero-order valence-electron chi connectivity index (χ0n) is 22.3. The molecule has 1 saturated carbocycles. The normalized spacial score (nSPS) is 17.9. The maximum Gasteiger partial charge on any atom is 0.286 e. The summed E-state index contributed by atoms with van der Waals surface area (Å²) in [6, 6.07) is 1.90. The van der Waals surface area contributed by atoms with E-state index in [1.54, 1.807) is 12.4 Å². The molecule has 1 fully saturated rings. The standard InChI is InChI=1S/C25H39N5O3.C2H6/c1-4-12-29(3)14-11-27-18-24(31)30(5-2)13-9-20-15-21(20)16-28-25(32)22-7-6-19-8-10-26-17-23(19)33-22;1-2/h7-8,10,17,20-21,27H,4-6,9,11-16,18H2,1-3H3,(H,28,32);1-2H3. The summed E-state index contributed by atoms with van der Waals surface area (Å²) in [5.41, 5.74) is 1.04. The summed E-state index contributed by atoms with van der Waals surface area (Å²) in [6.07, 6.45) is 9.10. The number of allylic oxidation sites excluding steroid dienone is 1. The fraction of sp³-hybridized carbons (Fsp3) is 0.667. The van der Waals surface area contributed by atoms with Gasteiger partial charge in [-0.15, -0.1) is 0 Å². The van der Waals surface area contributed by atoms with Gasteiger partial charge < -0.3 is 25.2 Å². The second kappa shape index (κ2) is 15.5. The molecule has 35 heavy (non-hydrogen) atoms. The van der Waals surface area contributed by atoms with E-state index in [2.05, 4.69) is 34.5 Å². The molecular formula is C27H45N5O3. The summed E-state index contributed by atoms with van der Waals surface area (Å²) in [4.78, 5) is 33.2. The Labute approximate surface area is 211 Å². The fourth-order valence-electron chi connectivity index (χ4n) is 4.25. The number of hydrogen-bond acceptors (Lipinski definition) is 6. The molecule has 1 aliphatic heterocycles. The van der Waals surface area contributed by atoms with Crippen molar-refractivity contribution in [3.05, 3.63) is 35.9 Å². The van der Waals surface area contributed by atoms with Crippen LogP contribution in [-0.2, 0) is 16.0 Å². The number of likely N-dealkylation sites (N-methyl/N-ethyl adjacent to an activating group) is 2. The minimum absolute atomic E-state index is 0.164. The van der Waals surface area contributed by atoms with Crippen LogP contribution in [0.4, 0.5) is 0 Å². The van der Waals surface area contributed by atoms with Crippen molar-refractivity contribution >= 4 is 11.8 Å². The average molecular weight is 488 g/mol. The number of rotatable bonds is 14. The number of nitrogens with one attached hydrogen (secondary N) is 2. The van der Waals surface area contributed by atoms with E-state index in [0.717, 1.165) is 57.5 Å². The Morgan fingerprint density at radius 1 is 1.17 bits per heavy atom.